The Morgan fingerprint density at radius 2 is 2.30 bits per heavy atom. The van der Waals surface area contributed by atoms with E-state index in [4.69, 9.17) is 10.5 Å². The molecular weight excluding hydrogens is 294 g/mol. The Kier molecular flexibility index (Phi) is 4.52. The van der Waals surface area contributed by atoms with E-state index in [2.05, 4.69) is 10.6 Å². The Morgan fingerprint density at radius 3 is 3.04 bits per heavy atom. The molecule has 3 atom stereocenters. The predicted octanol–water partition coefficient (Wildman–Crippen LogP) is 1.71. The third-order valence-corrected chi connectivity index (χ3v) is 4.68. The average molecular weight is 317 g/mol. The van der Waals surface area contributed by atoms with Gasteiger partial charge in [-0.05, 0) is 43.4 Å². The molecule has 1 aliphatic carbocycles. The summed E-state index contributed by atoms with van der Waals surface area (Å²) in [6, 6.07) is 5.58. The van der Waals surface area contributed by atoms with Gasteiger partial charge in [-0.15, -0.1) is 0 Å². The molecule has 3 rings (SSSR count). The van der Waals surface area contributed by atoms with E-state index in [1.54, 1.807) is 0 Å². The predicted molar refractivity (Wildman–Crippen MR) is 87.1 cm³/mol. The van der Waals surface area contributed by atoms with Crippen LogP contribution < -0.4 is 21.1 Å². The van der Waals surface area contributed by atoms with Gasteiger partial charge in [-0.3, -0.25) is 9.59 Å². The van der Waals surface area contributed by atoms with Gasteiger partial charge in [0.15, 0.2) is 6.61 Å². The van der Waals surface area contributed by atoms with Crippen molar-refractivity contribution in [3.05, 3.63) is 23.8 Å². The van der Waals surface area contributed by atoms with Gasteiger partial charge < -0.3 is 21.1 Å². The maximum atomic E-state index is 12.2. The SMILES string of the molecule is CC(NC(=O)C[C@@H]1CCC[C@H]1N)c1ccc2c(c1)NC(=O)CO2. The molecule has 1 aromatic carbocycles. The zero-order valence-corrected chi connectivity index (χ0v) is 13.3. The van der Waals surface area contributed by atoms with Crippen molar-refractivity contribution in [2.24, 2.45) is 11.7 Å². The summed E-state index contributed by atoms with van der Waals surface area (Å²) in [5, 5.41) is 5.79. The summed E-state index contributed by atoms with van der Waals surface area (Å²) < 4.78 is 5.34. The van der Waals surface area contributed by atoms with Crippen LogP contribution in [-0.4, -0.2) is 24.5 Å². The number of benzene rings is 1. The highest BCUT2D eigenvalue weighted by molar-refractivity contribution is 5.95. The van der Waals surface area contributed by atoms with Gasteiger partial charge in [0.25, 0.3) is 5.91 Å². The molecule has 0 radical (unpaired) electrons. The summed E-state index contributed by atoms with van der Waals surface area (Å²) >= 11 is 0. The van der Waals surface area contributed by atoms with E-state index in [1.807, 2.05) is 25.1 Å². The molecule has 2 aliphatic rings. The van der Waals surface area contributed by atoms with Gasteiger partial charge in [0, 0.05) is 12.5 Å². The summed E-state index contributed by atoms with van der Waals surface area (Å²) in [5.74, 6) is 0.807. The molecular formula is C17H23N3O3. The molecule has 0 spiro atoms. The summed E-state index contributed by atoms with van der Waals surface area (Å²) in [6.45, 7) is 1.97. The van der Waals surface area contributed by atoms with Gasteiger partial charge >= 0.3 is 0 Å². The van der Waals surface area contributed by atoms with Gasteiger partial charge in [-0.25, -0.2) is 0 Å². The summed E-state index contributed by atoms with van der Waals surface area (Å²) in [6.07, 6.45) is 3.64. The number of hydrogen-bond donors (Lipinski definition) is 3. The van der Waals surface area contributed by atoms with Crippen LogP contribution in [0, 0.1) is 5.92 Å². The molecule has 0 aromatic heterocycles. The Bertz CT molecular complexity index is 617. The second-order valence-electron chi connectivity index (χ2n) is 6.44. The van der Waals surface area contributed by atoms with Gasteiger partial charge in [-0.1, -0.05) is 12.5 Å². The number of anilines is 1. The van der Waals surface area contributed by atoms with Crippen molar-refractivity contribution >= 4 is 17.5 Å². The van der Waals surface area contributed by atoms with Crippen molar-refractivity contribution < 1.29 is 14.3 Å². The van der Waals surface area contributed by atoms with E-state index in [0.717, 1.165) is 24.8 Å². The first-order valence-corrected chi connectivity index (χ1v) is 8.14. The minimum absolute atomic E-state index is 0.0258. The molecule has 1 aliphatic heterocycles. The molecule has 23 heavy (non-hydrogen) atoms. The van der Waals surface area contributed by atoms with E-state index < -0.39 is 0 Å². The maximum absolute atomic E-state index is 12.2. The molecule has 0 saturated heterocycles. The second-order valence-corrected chi connectivity index (χ2v) is 6.44. The molecule has 1 unspecified atom stereocenters. The molecule has 1 aromatic rings. The van der Waals surface area contributed by atoms with E-state index >= 15 is 0 Å². The topological polar surface area (TPSA) is 93.5 Å². The summed E-state index contributed by atoms with van der Waals surface area (Å²) in [4.78, 5) is 23.6. The average Bonchev–Trinajstić information content (AvgIpc) is 2.91. The lowest BCUT2D eigenvalue weighted by Crippen LogP contribution is -2.33. The van der Waals surface area contributed by atoms with E-state index in [9.17, 15) is 9.59 Å². The van der Waals surface area contributed by atoms with Crippen LogP contribution in [-0.2, 0) is 9.59 Å². The lowest BCUT2D eigenvalue weighted by molar-refractivity contribution is -0.122. The van der Waals surface area contributed by atoms with Crippen LogP contribution in [0.25, 0.3) is 0 Å². The highest BCUT2D eigenvalue weighted by atomic mass is 16.5. The highest BCUT2D eigenvalue weighted by Gasteiger charge is 2.26. The normalized spacial score (nSPS) is 24.3. The van der Waals surface area contributed by atoms with E-state index in [0.29, 0.717) is 23.8 Å². The van der Waals surface area contributed by atoms with Crippen molar-refractivity contribution in [1.29, 1.82) is 0 Å². The number of rotatable bonds is 4. The fourth-order valence-electron chi connectivity index (χ4n) is 3.31. The Labute approximate surface area is 135 Å². The molecule has 124 valence electrons. The maximum Gasteiger partial charge on any atom is 0.262 e. The van der Waals surface area contributed by atoms with Crippen LogP contribution in [0.1, 0.15) is 44.2 Å². The van der Waals surface area contributed by atoms with Crippen molar-refractivity contribution in [3.8, 4) is 5.75 Å². The second kappa shape index (κ2) is 6.58. The molecule has 1 heterocycles. The number of fused-ring (bicyclic) bond motifs is 1. The molecule has 6 nitrogen and oxygen atoms in total. The quantitative estimate of drug-likeness (QED) is 0.788. The molecule has 2 amide bonds. The zero-order valence-electron chi connectivity index (χ0n) is 13.3. The standard InChI is InChI=1S/C17H23N3O3/c1-10(19-16(21)8-12-3-2-4-13(12)18)11-5-6-15-14(7-11)20-17(22)9-23-15/h5-7,10,12-13H,2-4,8-9,18H2,1H3,(H,19,21)(H,20,22)/t10?,12-,13+/m0/s1. The summed E-state index contributed by atoms with van der Waals surface area (Å²) in [7, 11) is 0. The Hall–Kier alpha value is -2.08. The number of hydrogen-bond acceptors (Lipinski definition) is 4. The van der Waals surface area contributed by atoms with Gasteiger partial charge in [0.05, 0.1) is 11.7 Å². The Morgan fingerprint density at radius 1 is 1.48 bits per heavy atom. The molecule has 6 heteroatoms. The fraction of sp³-hybridized carbons (Fsp3) is 0.529. The fourth-order valence-corrected chi connectivity index (χ4v) is 3.31. The van der Waals surface area contributed by atoms with Crippen LogP contribution in [0.5, 0.6) is 5.75 Å². The first kappa shape index (κ1) is 15.8. The third kappa shape index (κ3) is 3.64. The smallest absolute Gasteiger partial charge is 0.262 e. The minimum Gasteiger partial charge on any atom is -0.482 e. The van der Waals surface area contributed by atoms with Crippen LogP contribution >= 0.6 is 0 Å². The number of nitrogens with one attached hydrogen (secondary N) is 2. The molecule has 4 N–H and O–H groups in total. The number of carbonyl (C=O) groups excluding carboxylic acids is 2. The van der Waals surface area contributed by atoms with E-state index in [-0.39, 0.29) is 30.5 Å². The number of amides is 2. The monoisotopic (exact) mass is 317 g/mol. The number of ether oxygens (including phenoxy) is 1. The van der Waals surface area contributed by atoms with Crippen LogP contribution in [0.4, 0.5) is 5.69 Å². The largest absolute Gasteiger partial charge is 0.482 e. The summed E-state index contributed by atoms with van der Waals surface area (Å²) in [5.41, 5.74) is 7.60. The highest BCUT2D eigenvalue weighted by Crippen LogP contribution is 2.31. The Balaban J connectivity index is 1.61. The van der Waals surface area contributed by atoms with Crippen LogP contribution in [0.2, 0.25) is 0 Å². The lowest BCUT2D eigenvalue weighted by atomic mass is 9.99. The molecule has 1 saturated carbocycles. The van der Waals surface area contributed by atoms with Crippen LogP contribution in [0.15, 0.2) is 18.2 Å². The van der Waals surface area contributed by atoms with Crippen molar-refractivity contribution in [2.75, 3.05) is 11.9 Å². The van der Waals surface area contributed by atoms with Crippen molar-refractivity contribution in [3.63, 3.8) is 0 Å². The van der Waals surface area contributed by atoms with Crippen LogP contribution in [0.3, 0.4) is 0 Å². The van der Waals surface area contributed by atoms with Gasteiger partial charge in [0.1, 0.15) is 5.75 Å². The van der Waals surface area contributed by atoms with Crippen molar-refractivity contribution in [1.82, 2.24) is 5.32 Å². The van der Waals surface area contributed by atoms with Gasteiger partial charge in [0.2, 0.25) is 5.91 Å². The first-order valence-electron chi connectivity index (χ1n) is 8.14. The molecule has 1 fully saturated rings. The lowest BCUT2D eigenvalue weighted by Gasteiger charge is -2.22. The first-order chi connectivity index (χ1) is 11.0. The number of carbonyl (C=O) groups is 2. The zero-order chi connectivity index (χ0) is 16.4. The van der Waals surface area contributed by atoms with E-state index in [1.165, 1.54) is 0 Å². The third-order valence-electron chi connectivity index (χ3n) is 4.68. The van der Waals surface area contributed by atoms with Crippen molar-refractivity contribution in [2.45, 2.75) is 44.7 Å². The van der Waals surface area contributed by atoms with Gasteiger partial charge in [-0.2, -0.15) is 0 Å². The number of nitrogens with two attached hydrogens (primary N) is 1. The minimum atomic E-state index is -0.165. The molecule has 0 bridgehead atoms.